The van der Waals surface area contributed by atoms with Crippen molar-refractivity contribution >= 4 is 5.95 Å². The van der Waals surface area contributed by atoms with Crippen molar-refractivity contribution < 1.29 is 14.2 Å². The minimum absolute atomic E-state index is 0.601. The van der Waals surface area contributed by atoms with E-state index in [4.69, 9.17) is 14.2 Å². The van der Waals surface area contributed by atoms with Crippen LogP contribution in [0.25, 0.3) is 11.3 Å². The van der Waals surface area contributed by atoms with Gasteiger partial charge < -0.3 is 19.5 Å². The molecule has 0 saturated carbocycles. The number of methoxy groups -OCH3 is 3. The molecule has 3 aromatic rings. The highest BCUT2D eigenvalue weighted by atomic mass is 16.5. The van der Waals surface area contributed by atoms with Gasteiger partial charge in [-0.15, -0.1) is 0 Å². The fourth-order valence-electron chi connectivity index (χ4n) is 2.72. The summed E-state index contributed by atoms with van der Waals surface area (Å²) in [7, 11) is 4.92. The van der Waals surface area contributed by atoms with Crippen LogP contribution in [0.1, 0.15) is 5.56 Å². The summed E-state index contributed by atoms with van der Waals surface area (Å²) in [5, 5.41) is 3.27. The minimum atomic E-state index is 0.601. The summed E-state index contributed by atoms with van der Waals surface area (Å²) in [4.78, 5) is 8.88. The van der Waals surface area contributed by atoms with Gasteiger partial charge in [0.25, 0.3) is 0 Å². The summed E-state index contributed by atoms with van der Waals surface area (Å²) in [6.45, 7) is 0.710. The van der Waals surface area contributed by atoms with Crippen LogP contribution in [-0.2, 0) is 6.42 Å². The number of rotatable bonds is 8. The lowest BCUT2D eigenvalue weighted by Gasteiger charge is -2.10. The van der Waals surface area contributed by atoms with Crippen molar-refractivity contribution in [1.29, 1.82) is 0 Å². The first-order valence-corrected chi connectivity index (χ1v) is 8.65. The molecule has 0 saturated heterocycles. The molecular weight excluding hydrogens is 342 g/mol. The summed E-state index contributed by atoms with van der Waals surface area (Å²) in [6, 6.07) is 15.6. The van der Waals surface area contributed by atoms with Crippen LogP contribution in [-0.4, -0.2) is 37.8 Å². The summed E-state index contributed by atoms with van der Waals surface area (Å²) in [5.41, 5.74) is 3.02. The van der Waals surface area contributed by atoms with Crippen LogP contribution < -0.4 is 19.5 Å². The summed E-state index contributed by atoms with van der Waals surface area (Å²) in [6.07, 6.45) is 2.57. The smallest absolute Gasteiger partial charge is 0.223 e. The minimum Gasteiger partial charge on any atom is -0.497 e. The molecule has 3 rings (SSSR count). The number of nitrogens with one attached hydrogen (secondary N) is 1. The van der Waals surface area contributed by atoms with Gasteiger partial charge in [0, 0.05) is 18.3 Å². The molecule has 1 heterocycles. The second-order valence-electron chi connectivity index (χ2n) is 5.86. The molecule has 0 bridgehead atoms. The Morgan fingerprint density at radius 2 is 1.63 bits per heavy atom. The molecule has 140 valence electrons. The highest BCUT2D eigenvalue weighted by molar-refractivity contribution is 5.60. The highest BCUT2D eigenvalue weighted by Gasteiger charge is 2.06. The second-order valence-corrected chi connectivity index (χ2v) is 5.86. The van der Waals surface area contributed by atoms with Crippen molar-refractivity contribution in [2.75, 3.05) is 33.2 Å². The molecular formula is C21H23N3O3. The van der Waals surface area contributed by atoms with E-state index in [9.17, 15) is 0 Å². The number of ether oxygens (including phenoxy) is 3. The van der Waals surface area contributed by atoms with Gasteiger partial charge in [-0.3, -0.25) is 0 Å². The number of hydrogen-bond acceptors (Lipinski definition) is 6. The second kappa shape index (κ2) is 8.89. The Morgan fingerprint density at radius 1 is 0.852 bits per heavy atom. The van der Waals surface area contributed by atoms with Gasteiger partial charge in [-0.2, -0.15) is 0 Å². The molecule has 0 aliphatic rings. The van der Waals surface area contributed by atoms with Gasteiger partial charge in [-0.05, 0) is 54.4 Å². The van der Waals surface area contributed by atoms with Crippen LogP contribution >= 0.6 is 0 Å². The zero-order valence-electron chi connectivity index (χ0n) is 15.7. The van der Waals surface area contributed by atoms with Crippen molar-refractivity contribution in [3.05, 3.63) is 60.3 Å². The van der Waals surface area contributed by atoms with Gasteiger partial charge in [-0.1, -0.05) is 6.07 Å². The van der Waals surface area contributed by atoms with E-state index in [1.54, 1.807) is 27.5 Å². The molecule has 0 amide bonds. The van der Waals surface area contributed by atoms with E-state index in [2.05, 4.69) is 15.3 Å². The van der Waals surface area contributed by atoms with Gasteiger partial charge in [0.15, 0.2) is 11.5 Å². The Hall–Kier alpha value is -3.28. The van der Waals surface area contributed by atoms with Crippen molar-refractivity contribution in [2.24, 2.45) is 0 Å². The van der Waals surface area contributed by atoms with Gasteiger partial charge >= 0.3 is 0 Å². The summed E-state index contributed by atoms with van der Waals surface area (Å²) >= 11 is 0. The largest absolute Gasteiger partial charge is 0.497 e. The molecule has 0 spiro atoms. The van der Waals surface area contributed by atoms with Crippen LogP contribution in [0.3, 0.4) is 0 Å². The summed E-state index contributed by atoms with van der Waals surface area (Å²) in [5.74, 6) is 2.88. The maximum absolute atomic E-state index is 5.34. The quantitative estimate of drug-likeness (QED) is 0.655. The van der Waals surface area contributed by atoms with Crippen LogP contribution in [0.15, 0.2) is 54.7 Å². The number of nitrogens with zero attached hydrogens (tertiary/aromatic N) is 2. The molecule has 27 heavy (non-hydrogen) atoms. The van der Waals surface area contributed by atoms with E-state index in [1.165, 1.54) is 0 Å². The fourth-order valence-corrected chi connectivity index (χ4v) is 2.72. The first-order chi connectivity index (χ1) is 13.2. The van der Waals surface area contributed by atoms with Crippen LogP contribution in [0, 0.1) is 0 Å². The van der Waals surface area contributed by atoms with E-state index in [0.717, 1.165) is 40.5 Å². The highest BCUT2D eigenvalue weighted by Crippen LogP contribution is 2.27. The lowest BCUT2D eigenvalue weighted by molar-refractivity contribution is 0.354. The molecule has 0 atom stereocenters. The summed E-state index contributed by atoms with van der Waals surface area (Å²) < 4.78 is 15.8. The molecule has 0 radical (unpaired) electrons. The molecule has 0 unspecified atom stereocenters. The van der Waals surface area contributed by atoms with Gasteiger partial charge in [-0.25, -0.2) is 9.97 Å². The molecule has 2 aromatic carbocycles. The Labute approximate surface area is 159 Å². The topological polar surface area (TPSA) is 65.5 Å². The molecule has 6 heteroatoms. The fraction of sp³-hybridized carbons (Fsp3) is 0.238. The third kappa shape index (κ3) is 4.67. The zero-order chi connectivity index (χ0) is 19.1. The van der Waals surface area contributed by atoms with Gasteiger partial charge in [0.1, 0.15) is 5.75 Å². The Morgan fingerprint density at radius 3 is 2.33 bits per heavy atom. The lowest BCUT2D eigenvalue weighted by atomic mass is 10.1. The molecule has 6 nitrogen and oxygen atoms in total. The molecule has 1 N–H and O–H groups in total. The van der Waals surface area contributed by atoms with Crippen molar-refractivity contribution in [3.8, 4) is 28.5 Å². The maximum atomic E-state index is 5.34. The van der Waals surface area contributed by atoms with Gasteiger partial charge in [0.2, 0.25) is 5.95 Å². The normalized spacial score (nSPS) is 10.3. The molecule has 0 fully saturated rings. The third-order valence-corrected chi connectivity index (χ3v) is 4.19. The van der Waals surface area contributed by atoms with Crippen molar-refractivity contribution in [3.63, 3.8) is 0 Å². The Kier molecular flexibility index (Phi) is 6.10. The van der Waals surface area contributed by atoms with Crippen LogP contribution in [0.2, 0.25) is 0 Å². The standard InChI is InChI=1S/C21H23N3O3/c1-25-17-7-5-16(6-8-17)18-11-13-23-21(24-18)22-12-10-15-4-9-19(26-2)20(14-15)27-3/h4-9,11,13-14H,10,12H2,1-3H3,(H,22,23,24). The van der Waals surface area contributed by atoms with E-state index < -0.39 is 0 Å². The van der Waals surface area contributed by atoms with E-state index in [1.807, 2.05) is 48.5 Å². The molecule has 0 aliphatic heterocycles. The number of aromatic nitrogens is 2. The van der Waals surface area contributed by atoms with E-state index in [-0.39, 0.29) is 0 Å². The Balaban J connectivity index is 1.63. The SMILES string of the molecule is COc1ccc(-c2ccnc(NCCc3ccc(OC)c(OC)c3)n2)cc1. The zero-order valence-corrected chi connectivity index (χ0v) is 15.7. The average molecular weight is 365 g/mol. The molecule has 1 aromatic heterocycles. The van der Waals surface area contributed by atoms with Crippen molar-refractivity contribution in [1.82, 2.24) is 9.97 Å². The first kappa shape index (κ1) is 18.5. The first-order valence-electron chi connectivity index (χ1n) is 8.65. The van der Waals surface area contributed by atoms with Crippen LogP contribution in [0.4, 0.5) is 5.95 Å². The molecule has 0 aliphatic carbocycles. The maximum Gasteiger partial charge on any atom is 0.223 e. The van der Waals surface area contributed by atoms with E-state index in [0.29, 0.717) is 12.5 Å². The third-order valence-electron chi connectivity index (χ3n) is 4.19. The van der Waals surface area contributed by atoms with E-state index >= 15 is 0 Å². The number of hydrogen-bond donors (Lipinski definition) is 1. The lowest BCUT2D eigenvalue weighted by Crippen LogP contribution is -2.08. The number of benzene rings is 2. The van der Waals surface area contributed by atoms with Gasteiger partial charge in [0.05, 0.1) is 27.0 Å². The van der Waals surface area contributed by atoms with Crippen LogP contribution in [0.5, 0.6) is 17.2 Å². The monoisotopic (exact) mass is 365 g/mol. The Bertz CT molecular complexity index is 882. The number of anilines is 1. The predicted molar refractivity (Wildman–Crippen MR) is 106 cm³/mol. The van der Waals surface area contributed by atoms with Crippen molar-refractivity contribution in [2.45, 2.75) is 6.42 Å². The predicted octanol–water partition coefficient (Wildman–Crippen LogP) is 3.82. The average Bonchev–Trinajstić information content (AvgIpc) is 2.74.